The first-order chi connectivity index (χ1) is 24.9. The number of nitrogen functional groups attached to an aromatic ring is 1. The fourth-order valence-electron chi connectivity index (χ4n) is 9.70. The molecule has 4 saturated carbocycles. The molecule has 0 radical (unpaired) electrons. The van der Waals surface area contributed by atoms with Crippen LogP contribution in [0.1, 0.15) is 91.5 Å². The van der Waals surface area contributed by atoms with Gasteiger partial charge in [-0.3, -0.25) is 9.59 Å². The second-order valence-electron chi connectivity index (χ2n) is 16.0. The van der Waals surface area contributed by atoms with Gasteiger partial charge in [-0.05, 0) is 117 Å². The highest BCUT2D eigenvalue weighted by Crippen LogP contribution is 2.60. The van der Waals surface area contributed by atoms with Gasteiger partial charge >= 0.3 is 0 Å². The molecule has 4 aromatic rings. The van der Waals surface area contributed by atoms with Gasteiger partial charge in [0.15, 0.2) is 11.8 Å². The molecule has 4 aliphatic rings. The summed E-state index contributed by atoms with van der Waals surface area (Å²) in [5.74, 6) is 3.11. The van der Waals surface area contributed by atoms with E-state index >= 15 is 0 Å². The van der Waals surface area contributed by atoms with Gasteiger partial charge in [-0.15, -0.1) is 0 Å². The minimum Gasteiger partial charge on any atom is -0.508 e. The summed E-state index contributed by atoms with van der Waals surface area (Å²) in [6.45, 7) is 4.31. The predicted octanol–water partition coefficient (Wildman–Crippen LogP) is 3.60. The van der Waals surface area contributed by atoms with E-state index in [9.17, 15) is 14.7 Å². The molecule has 4 aliphatic carbocycles. The van der Waals surface area contributed by atoms with Crippen molar-refractivity contribution in [1.82, 2.24) is 39.9 Å². The van der Waals surface area contributed by atoms with Crippen molar-refractivity contribution in [2.24, 2.45) is 36.0 Å². The molecule has 3 atom stereocenters. The van der Waals surface area contributed by atoms with E-state index in [1.165, 1.54) is 38.5 Å². The van der Waals surface area contributed by atoms with Gasteiger partial charge in [0, 0.05) is 51.4 Å². The van der Waals surface area contributed by atoms with Gasteiger partial charge in [0.2, 0.25) is 17.7 Å². The van der Waals surface area contributed by atoms with E-state index in [4.69, 9.17) is 21.0 Å². The Balaban J connectivity index is 1.09. The summed E-state index contributed by atoms with van der Waals surface area (Å²) in [4.78, 5) is 41.3. The van der Waals surface area contributed by atoms with E-state index in [1.54, 1.807) is 35.4 Å². The Morgan fingerprint density at radius 3 is 2.35 bits per heavy atom. The average molecular weight is 713 g/mol. The number of nitrogens with zero attached hydrogens (tertiary/aromatic N) is 6. The molecular weight excluding hydrogens is 660 g/mol. The number of imidazole rings is 2. The van der Waals surface area contributed by atoms with Gasteiger partial charge in [0.1, 0.15) is 17.8 Å². The first-order valence-corrected chi connectivity index (χ1v) is 18.6. The van der Waals surface area contributed by atoms with Crippen molar-refractivity contribution in [1.29, 1.82) is 0 Å². The summed E-state index contributed by atoms with van der Waals surface area (Å²) in [7, 11) is 1.89. The van der Waals surface area contributed by atoms with Gasteiger partial charge in [0.25, 0.3) is 0 Å². The SMILES string of the molecule is Cc1cc(O)cc(C)c1C[C@H](NC(=O)[C@H](N)CCCn1ccnc1N)C(=O)N[C@@H](Cc1cn(C)cn1)c1nc(CC23CC4CC(CC(C4)C2)C3)no1. The lowest BCUT2D eigenvalue weighted by Crippen LogP contribution is -2.53. The first-order valence-electron chi connectivity index (χ1n) is 18.6. The van der Waals surface area contributed by atoms with E-state index in [0.29, 0.717) is 43.5 Å². The monoisotopic (exact) mass is 712 g/mol. The van der Waals surface area contributed by atoms with Crippen LogP contribution in [0.15, 0.2) is 41.6 Å². The highest BCUT2D eigenvalue weighted by molar-refractivity contribution is 5.90. The van der Waals surface area contributed by atoms with Crippen LogP contribution >= 0.6 is 0 Å². The Morgan fingerprint density at radius 1 is 1.04 bits per heavy atom. The summed E-state index contributed by atoms with van der Waals surface area (Å²) in [5, 5.41) is 20.7. The smallest absolute Gasteiger partial charge is 0.249 e. The van der Waals surface area contributed by atoms with Crippen LogP contribution in [0.25, 0.3) is 0 Å². The zero-order valence-electron chi connectivity index (χ0n) is 30.4. The maximum Gasteiger partial charge on any atom is 0.249 e. The van der Waals surface area contributed by atoms with Crippen molar-refractivity contribution >= 4 is 17.8 Å². The molecule has 52 heavy (non-hydrogen) atoms. The molecule has 3 aromatic heterocycles. The molecule has 4 bridgehead atoms. The number of phenolic OH excluding ortho intramolecular Hbond substituents is 1. The number of carbonyl (C=O) groups excluding carboxylic acids is 2. The van der Waals surface area contributed by atoms with Crippen LogP contribution in [-0.2, 0) is 42.4 Å². The van der Waals surface area contributed by atoms with Crippen LogP contribution in [-0.4, -0.2) is 58.2 Å². The number of phenols is 1. The Hall–Kier alpha value is -4.72. The van der Waals surface area contributed by atoms with Crippen LogP contribution < -0.4 is 22.1 Å². The molecule has 4 fully saturated rings. The lowest BCUT2D eigenvalue weighted by molar-refractivity contribution is -0.130. The fourth-order valence-corrected chi connectivity index (χ4v) is 9.70. The van der Waals surface area contributed by atoms with E-state index in [1.807, 2.05) is 31.7 Å². The van der Waals surface area contributed by atoms with Crippen LogP contribution in [0.4, 0.5) is 5.95 Å². The predicted molar refractivity (Wildman–Crippen MR) is 193 cm³/mol. The molecule has 7 N–H and O–H groups in total. The highest BCUT2D eigenvalue weighted by atomic mass is 16.5. The quantitative estimate of drug-likeness (QED) is 0.121. The standard InChI is InChI=1S/C38H52N10O4/c1-22-9-28(49)10-23(2)29(22)15-31(43-34(50)30(39)5-4-7-48-8-6-41-37(48)40)35(51)44-32(14-27-20-47(3)21-42-27)36-45-33(46-52-36)19-38-16-24-11-25(17-38)13-26(12-24)18-38/h6,8-10,20-21,24-26,30-32,49H,4-5,7,11-19,39H2,1-3H3,(H2,40,41)(H,43,50)(H,44,51)/t24?,25?,26?,30-,31+,32+,38?/m1/s1. The van der Waals surface area contributed by atoms with Crippen molar-refractivity contribution in [2.75, 3.05) is 5.73 Å². The van der Waals surface area contributed by atoms with Gasteiger partial charge in [-0.2, -0.15) is 4.98 Å². The molecule has 3 heterocycles. The normalized spacial score (nSPS) is 23.7. The number of benzene rings is 1. The van der Waals surface area contributed by atoms with E-state index < -0.39 is 29.9 Å². The number of amides is 2. The molecular formula is C38H52N10O4. The minimum atomic E-state index is -0.981. The molecule has 8 rings (SSSR count). The second-order valence-corrected chi connectivity index (χ2v) is 16.0. The van der Waals surface area contributed by atoms with Crippen molar-refractivity contribution in [3.05, 3.63) is 71.1 Å². The number of anilines is 1. The topological polar surface area (TPSA) is 205 Å². The molecule has 0 spiro atoms. The zero-order valence-corrected chi connectivity index (χ0v) is 30.4. The number of nitrogens with one attached hydrogen (secondary N) is 2. The van der Waals surface area contributed by atoms with Crippen molar-refractivity contribution in [3.8, 4) is 5.75 Å². The van der Waals surface area contributed by atoms with Crippen LogP contribution in [0.3, 0.4) is 0 Å². The fraction of sp³-hybridized carbons (Fsp3) is 0.579. The third-order valence-corrected chi connectivity index (χ3v) is 11.7. The molecule has 2 amide bonds. The minimum absolute atomic E-state index is 0.139. The number of carbonyl (C=O) groups is 2. The van der Waals surface area contributed by atoms with Gasteiger partial charge in [-0.1, -0.05) is 5.16 Å². The molecule has 14 nitrogen and oxygen atoms in total. The number of aromatic hydroxyl groups is 1. The Kier molecular flexibility index (Phi) is 10.1. The summed E-state index contributed by atoms with van der Waals surface area (Å²) < 4.78 is 9.56. The average Bonchev–Trinajstić information content (AvgIpc) is 3.82. The molecule has 0 saturated heterocycles. The summed E-state index contributed by atoms with van der Waals surface area (Å²) >= 11 is 0. The van der Waals surface area contributed by atoms with Crippen LogP contribution in [0, 0.1) is 37.0 Å². The highest BCUT2D eigenvalue weighted by Gasteiger charge is 2.51. The van der Waals surface area contributed by atoms with Gasteiger partial charge < -0.3 is 40.9 Å². The van der Waals surface area contributed by atoms with Crippen molar-refractivity contribution in [3.63, 3.8) is 0 Å². The number of rotatable bonds is 15. The van der Waals surface area contributed by atoms with Crippen molar-refractivity contribution in [2.45, 2.75) is 109 Å². The summed E-state index contributed by atoms with van der Waals surface area (Å²) in [6.07, 6.45) is 17.1. The van der Waals surface area contributed by atoms with Crippen molar-refractivity contribution < 1.29 is 19.2 Å². The lowest BCUT2D eigenvalue weighted by atomic mass is 9.49. The molecule has 1 aromatic carbocycles. The summed E-state index contributed by atoms with van der Waals surface area (Å²) in [6, 6.07) is 0.788. The van der Waals surface area contributed by atoms with E-state index in [-0.39, 0.29) is 17.6 Å². The van der Waals surface area contributed by atoms with Gasteiger partial charge in [-0.25, -0.2) is 9.97 Å². The third kappa shape index (κ3) is 8.01. The van der Waals surface area contributed by atoms with Gasteiger partial charge in [0.05, 0.1) is 18.1 Å². The summed E-state index contributed by atoms with van der Waals surface area (Å²) in [5.41, 5.74) is 15.7. The molecule has 0 aliphatic heterocycles. The Bertz CT molecular complexity index is 1840. The Labute approximate surface area is 304 Å². The van der Waals surface area contributed by atoms with E-state index in [0.717, 1.165) is 46.6 Å². The van der Waals surface area contributed by atoms with Crippen LogP contribution in [0.5, 0.6) is 5.75 Å². The number of aromatic nitrogens is 6. The molecule has 14 heteroatoms. The Morgan fingerprint density at radius 2 is 1.73 bits per heavy atom. The number of nitrogens with two attached hydrogens (primary N) is 2. The zero-order chi connectivity index (χ0) is 36.6. The van der Waals surface area contributed by atoms with E-state index in [2.05, 4.69) is 25.8 Å². The first kappa shape index (κ1) is 35.7. The third-order valence-electron chi connectivity index (χ3n) is 11.7. The molecule has 0 unspecified atom stereocenters. The second kappa shape index (κ2) is 14.7. The van der Waals surface area contributed by atoms with Crippen LogP contribution in [0.2, 0.25) is 0 Å². The lowest BCUT2D eigenvalue weighted by Gasteiger charge is -2.56. The number of hydrogen-bond acceptors (Lipinski definition) is 10. The molecule has 278 valence electrons. The maximum absolute atomic E-state index is 14.3. The number of hydrogen-bond donors (Lipinski definition) is 5. The maximum atomic E-state index is 14.3. The largest absolute Gasteiger partial charge is 0.508 e. The number of aryl methyl sites for hydroxylation is 4.